The van der Waals surface area contributed by atoms with Crippen LogP contribution in [0.1, 0.15) is 75.7 Å². The summed E-state index contributed by atoms with van der Waals surface area (Å²) in [5.41, 5.74) is 0. The lowest BCUT2D eigenvalue weighted by Crippen LogP contribution is -2.24. The van der Waals surface area contributed by atoms with Gasteiger partial charge in [-0.15, -0.1) is 0 Å². The van der Waals surface area contributed by atoms with Gasteiger partial charge in [0.25, 0.3) is 0 Å². The van der Waals surface area contributed by atoms with Crippen LogP contribution in [0.25, 0.3) is 0 Å². The van der Waals surface area contributed by atoms with Crippen LogP contribution >= 0.6 is 12.6 Å². The minimum atomic E-state index is 0.108. The van der Waals surface area contributed by atoms with Crippen LogP contribution in [0.5, 0.6) is 0 Å². The molecule has 35 heavy (non-hydrogen) atoms. The highest BCUT2D eigenvalue weighted by atomic mass is 32.1. The van der Waals surface area contributed by atoms with Crippen molar-refractivity contribution in [2.45, 2.75) is 75.7 Å². The number of methoxy groups -OCH3 is 1. The van der Waals surface area contributed by atoms with E-state index in [0.29, 0.717) is 32.0 Å². The molecular formula is C27H57NO6S. The number of ketones is 4. The maximum Gasteiger partial charge on any atom is 0.160 e. The summed E-state index contributed by atoms with van der Waals surface area (Å²) >= 11 is 3.53. The molecule has 0 bridgehead atoms. The van der Waals surface area contributed by atoms with Gasteiger partial charge in [-0.1, -0.05) is 55.4 Å². The lowest BCUT2D eigenvalue weighted by atomic mass is 10.1. The molecule has 0 saturated carbocycles. The van der Waals surface area contributed by atoms with Crippen molar-refractivity contribution in [1.29, 1.82) is 0 Å². The minimum absolute atomic E-state index is 0.108. The van der Waals surface area contributed by atoms with Gasteiger partial charge in [-0.25, -0.2) is 0 Å². The monoisotopic (exact) mass is 523 g/mol. The second-order valence-electron chi connectivity index (χ2n) is 9.25. The van der Waals surface area contributed by atoms with Crippen LogP contribution in [0.15, 0.2) is 0 Å². The summed E-state index contributed by atoms with van der Waals surface area (Å²) in [7, 11) is 5.41. The third-order valence-corrected chi connectivity index (χ3v) is 4.22. The SMILES string of the molecule is CC(=O)C(C)C.CC(C)C(=O)CN(C)C.CCOCC(=O)C(C)C.COCCC(=O)C(C)C.CS. The maximum atomic E-state index is 10.9. The number of Topliss-reactive ketones (excluding diaryl/α,β-unsaturated/α-hetero) is 4. The fourth-order valence-electron chi connectivity index (χ4n) is 1.35. The smallest absolute Gasteiger partial charge is 0.160 e. The van der Waals surface area contributed by atoms with Crippen molar-refractivity contribution in [3.63, 3.8) is 0 Å². The Morgan fingerprint density at radius 2 is 1.11 bits per heavy atom. The number of hydrogen-bond donors (Lipinski definition) is 1. The van der Waals surface area contributed by atoms with Crippen molar-refractivity contribution >= 4 is 35.8 Å². The zero-order valence-electron chi connectivity index (χ0n) is 25.2. The van der Waals surface area contributed by atoms with E-state index in [-0.39, 0.29) is 47.6 Å². The van der Waals surface area contributed by atoms with Gasteiger partial charge in [-0.3, -0.25) is 19.2 Å². The van der Waals surface area contributed by atoms with Crippen molar-refractivity contribution in [2.24, 2.45) is 23.7 Å². The molecule has 8 heteroatoms. The first kappa shape index (κ1) is 43.9. The normalized spacial score (nSPS) is 9.83. The van der Waals surface area contributed by atoms with Crippen LogP contribution in [0.4, 0.5) is 0 Å². The Morgan fingerprint density at radius 3 is 1.31 bits per heavy atom. The number of thiol groups is 1. The van der Waals surface area contributed by atoms with Crippen LogP contribution in [0.2, 0.25) is 0 Å². The predicted molar refractivity (Wildman–Crippen MR) is 152 cm³/mol. The standard InChI is InChI=1S/C7H15NO.2C7H14O2.C5H10O.CH4S/c1-6(2)7(9)5-8(3)4;1-6(2)7(8)4-5-9-3;1-4-9-5-7(8)6(2)3;1-4(2)5(3)6;1-2/h6H,5H2,1-4H3;2*6H,4-5H2,1-3H3;4H,1-3H3;2H,1H3. The summed E-state index contributed by atoms with van der Waals surface area (Å²) in [5.74, 6) is 1.66. The van der Waals surface area contributed by atoms with E-state index >= 15 is 0 Å². The van der Waals surface area contributed by atoms with E-state index in [1.54, 1.807) is 20.3 Å². The molecule has 212 valence electrons. The van der Waals surface area contributed by atoms with E-state index in [0.717, 1.165) is 0 Å². The number of carbonyl (C=O) groups is 4. The molecule has 7 nitrogen and oxygen atoms in total. The summed E-state index contributed by atoms with van der Waals surface area (Å²) in [6, 6.07) is 0. The second kappa shape index (κ2) is 30.9. The maximum absolute atomic E-state index is 10.9. The van der Waals surface area contributed by atoms with Gasteiger partial charge < -0.3 is 14.4 Å². The van der Waals surface area contributed by atoms with Gasteiger partial charge in [0.1, 0.15) is 24.0 Å². The van der Waals surface area contributed by atoms with Crippen LogP contribution in [-0.4, -0.2) is 81.9 Å². The zero-order chi connectivity index (χ0) is 29.1. The summed E-state index contributed by atoms with van der Waals surface area (Å²) < 4.78 is 9.65. The Bertz CT molecular complexity index is 494. The van der Waals surface area contributed by atoms with Gasteiger partial charge in [0.15, 0.2) is 5.78 Å². The third kappa shape index (κ3) is 43.4. The Kier molecular flexibility index (Phi) is 38.8. The molecule has 0 aromatic rings. The Morgan fingerprint density at radius 1 is 0.743 bits per heavy atom. The largest absolute Gasteiger partial charge is 0.384 e. The van der Waals surface area contributed by atoms with E-state index in [2.05, 4.69) is 12.6 Å². The van der Waals surface area contributed by atoms with Gasteiger partial charge in [0.2, 0.25) is 0 Å². The first-order chi connectivity index (χ1) is 16.0. The van der Waals surface area contributed by atoms with E-state index in [9.17, 15) is 19.2 Å². The van der Waals surface area contributed by atoms with Gasteiger partial charge in [-0.05, 0) is 34.2 Å². The topological polar surface area (TPSA) is 90.0 Å². The molecule has 0 heterocycles. The first-order valence-electron chi connectivity index (χ1n) is 12.3. The van der Waals surface area contributed by atoms with E-state index < -0.39 is 0 Å². The molecule has 0 N–H and O–H groups in total. The minimum Gasteiger partial charge on any atom is -0.384 e. The summed E-state index contributed by atoms with van der Waals surface area (Å²) in [4.78, 5) is 44.5. The molecule has 0 aliphatic heterocycles. The van der Waals surface area contributed by atoms with Crippen molar-refractivity contribution in [2.75, 3.05) is 53.8 Å². The van der Waals surface area contributed by atoms with Crippen molar-refractivity contribution < 1.29 is 28.7 Å². The molecule has 0 aliphatic carbocycles. The highest BCUT2D eigenvalue weighted by molar-refractivity contribution is 7.79. The van der Waals surface area contributed by atoms with Gasteiger partial charge >= 0.3 is 0 Å². The lowest BCUT2D eigenvalue weighted by molar-refractivity contribution is -0.126. The van der Waals surface area contributed by atoms with E-state index in [1.165, 1.54) is 0 Å². The summed E-state index contributed by atoms with van der Waals surface area (Å²) in [6.07, 6.45) is 2.24. The third-order valence-electron chi connectivity index (χ3n) is 4.22. The number of ether oxygens (including phenoxy) is 2. The molecule has 0 spiro atoms. The predicted octanol–water partition coefficient (Wildman–Crippen LogP) is 5.05. The Hall–Kier alpha value is -1.09. The van der Waals surface area contributed by atoms with Crippen LogP contribution in [0, 0.1) is 23.7 Å². The Balaban J connectivity index is -0.000000113. The zero-order valence-corrected chi connectivity index (χ0v) is 26.1. The van der Waals surface area contributed by atoms with Crippen molar-refractivity contribution in [3.8, 4) is 0 Å². The molecule has 0 amide bonds. The quantitative estimate of drug-likeness (QED) is 0.358. The second-order valence-corrected chi connectivity index (χ2v) is 9.25. The molecule has 0 atom stereocenters. The summed E-state index contributed by atoms with van der Waals surface area (Å²) in [6.45, 7) is 20.7. The van der Waals surface area contributed by atoms with Gasteiger partial charge in [-0.2, -0.15) is 12.6 Å². The van der Waals surface area contributed by atoms with E-state index in [1.807, 2.05) is 81.3 Å². The molecule has 0 aromatic carbocycles. The van der Waals surface area contributed by atoms with Crippen molar-refractivity contribution in [1.82, 2.24) is 4.90 Å². The molecule has 0 unspecified atom stereocenters. The van der Waals surface area contributed by atoms with Crippen LogP contribution < -0.4 is 0 Å². The number of hydrogen-bond acceptors (Lipinski definition) is 8. The molecule has 0 aliphatic rings. The fraction of sp³-hybridized carbons (Fsp3) is 0.852. The number of rotatable bonds is 12. The number of carbonyl (C=O) groups excluding carboxylic acids is 4. The number of nitrogens with zero attached hydrogens (tertiary/aromatic N) is 1. The average molecular weight is 524 g/mol. The number of likely N-dealkylation sites (N-methyl/N-ethyl adjacent to an activating group) is 1. The van der Waals surface area contributed by atoms with Crippen LogP contribution in [-0.2, 0) is 28.7 Å². The van der Waals surface area contributed by atoms with Gasteiger partial charge in [0.05, 0.1) is 13.2 Å². The van der Waals surface area contributed by atoms with Crippen molar-refractivity contribution in [3.05, 3.63) is 0 Å². The van der Waals surface area contributed by atoms with E-state index in [4.69, 9.17) is 9.47 Å². The molecule has 0 radical (unpaired) electrons. The highest BCUT2D eigenvalue weighted by Gasteiger charge is 2.07. The highest BCUT2D eigenvalue weighted by Crippen LogP contribution is 1.97. The summed E-state index contributed by atoms with van der Waals surface area (Å²) in [5, 5.41) is 0. The molecule has 0 fully saturated rings. The Labute approximate surface area is 222 Å². The molecule has 0 aromatic heterocycles. The van der Waals surface area contributed by atoms with Gasteiger partial charge in [0, 0.05) is 43.8 Å². The fourth-order valence-corrected chi connectivity index (χ4v) is 1.35. The molecular weight excluding hydrogens is 466 g/mol. The molecule has 0 rings (SSSR count). The average Bonchev–Trinajstić information content (AvgIpc) is 2.77. The molecule has 0 saturated heterocycles. The van der Waals surface area contributed by atoms with Crippen LogP contribution in [0.3, 0.4) is 0 Å². The lowest BCUT2D eigenvalue weighted by Gasteiger charge is -2.09. The first-order valence-corrected chi connectivity index (χ1v) is 13.2.